The molecule has 0 amide bonds. The normalized spacial score (nSPS) is 48.4. The molecule has 3 fully saturated rings. The molecule has 33 heavy (non-hydrogen) atoms. The monoisotopic (exact) mass is 466 g/mol. The zero-order valence-electron chi connectivity index (χ0n) is 19.4. The second kappa shape index (κ2) is 7.54. The van der Waals surface area contributed by atoms with Gasteiger partial charge in [0, 0.05) is 23.2 Å². The lowest BCUT2D eigenvalue weighted by Crippen LogP contribution is -2.70. The Morgan fingerprint density at radius 1 is 1.24 bits per heavy atom. The van der Waals surface area contributed by atoms with Crippen LogP contribution in [0.2, 0.25) is 0 Å². The number of alkyl halides is 2. The van der Waals surface area contributed by atoms with Gasteiger partial charge in [0.2, 0.25) is 5.78 Å². The lowest BCUT2D eigenvalue weighted by atomic mass is 9.44. The van der Waals surface area contributed by atoms with Crippen LogP contribution in [0.3, 0.4) is 0 Å². The number of hydrogen-bond donors (Lipinski definition) is 2. The van der Waals surface area contributed by atoms with Crippen LogP contribution in [0.5, 0.6) is 0 Å². The van der Waals surface area contributed by atoms with Gasteiger partial charge in [0.25, 0.3) is 0 Å². The molecule has 182 valence electrons. The molecule has 4 rings (SSSR count). The summed E-state index contributed by atoms with van der Waals surface area (Å²) in [6.07, 6.45) is 0.362. The number of ether oxygens (including phenoxy) is 1. The Bertz CT molecular complexity index is 961. The molecule has 0 aromatic carbocycles. The molecule has 4 aliphatic carbocycles. The van der Waals surface area contributed by atoms with Crippen molar-refractivity contribution in [2.75, 3.05) is 6.61 Å². The third-order valence-electron chi connectivity index (χ3n) is 9.29. The Morgan fingerprint density at radius 2 is 1.91 bits per heavy atom. The van der Waals surface area contributed by atoms with E-state index in [1.807, 2.05) is 0 Å². The number of ketones is 2. The highest BCUT2D eigenvalue weighted by molar-refractivity contribution is 6.01. The van der Waals surface area contributed by atoms with E-state index in [0.29, 0.717) is 0 Å². The maximum atomic E-state index is 17.1. The smallest absolute Gasteiger partial charge is 0.305 e. The first-order valence-electron chi connectivity index (χ1n) is 11.6. The van der Waals surface area contributed by atoms with Crippen LogP contribution >= 0.6 is 0 Å². The number of allylic oxidation sites excluding steroid dienone is 4. The van der Waals surface area contributed by atoms with E-state index in [4.69, 9.17) is 4.74 Å². The van der Waals surface area contributed by atoms with Crippen molar-refractivity contribution in [2.45, 2.75) is 76.9 Å². The third-order valence-corrected chi connectivity index (χ3v) is 9.29. The quantitative estimate of drug-likeness (QED) is 0.618. The number of esters is 1. The number of rotatable bonds is 4. The van der Waals surface area contributed by atoms with Gasteiger partial charge >= 0.3 is 5.97 Å². The Labute approximate surface area is 192 Å². The van der Waals surface area contributed by atoms with Crippen molar-refractivity contribution in [3.8, 4) is 0 Å². The fraction of sp³-hybridized carbons (Fsp3) is 0.720. The summed E-state index contributed by atoms with van der Waals surface area (Å²) in [5, 5.41) is 23.0. The van der Waals surface area contributed by atoms with Crippen molar-refractivity contribution in [2.24, 2.45) is 28.6 Å². The van der Waals surface area contributed by atoms with Gasteiger partial charge in [-0.15, -0.1) is 0 Å². The van der Waals surface area contributed by atoms with E-state index in [1.54, 1.807) is 20.8 Å². The van der Waals surface area contributed by atoms with E-state index in [9.17, 15) is 24.6 Å². The van der Waals surface area contributed by atoms with E-state index >= 15 is 8.78 Å². The average molecular weight is 467 g/mol. The van der Waals surface area contributed by atoms with E-state index in [2.05, 4.69) is 0 Å². The lowest BCUT2D eigenvalue weighted by Gasteiger charge is -2.63. The number of halogens is 2. The summed E-state index contributed by atoms with van der Waals surface area (Å²) < 4.78 is 37.4. The van der Waals surface area contributed by atoms with Crippen LogP contribution in [0.15, 0.2) is 23.8 Å². The molecule has 2 N–H and O–H groups in total. The Kier molecular flexibility index (Phi) is 5.53. The van der Waals surface area contributed by atoms with Gasteiger partial charge in [0.1, 0.15) is 11.8 Å². The molecule has 0 radical (unpaired) electrons. The number of aliphatic hydroxyl groups excluding tert-OH is 1. The van der Waals surface area contributed by atoms with Crippen LogP contribution in [-0.2, 0) is 19.1 Å². The topological polar surface area (TPSA) is 101 Å². The minimum atomic E-state index is -2.27. The van der Waals surface area contributed by atoms with Gasteiger partial charge in [-0.25, -0.2) is 8.78 Å². The number of fused-ring (bicyclic) bond motifs is 5. The molecular formula is C25H32F2O6. The number of aliphatic hydroxyl groups is 2. The summed E-state index contributed by atoms with van der Waals surface area (Å²) in [6.45, 7) is 5.80. The van der Waals surface area contributed by atoms with Crippen molar-refractivity contribution >= 4 is 17.5 Å². The first kappa shape index (κ1) is 24.2. The average Bonchev–Trinajstić information content (AvgIpc) is 2.96. The molecule has 0 saturated heterocycles. The highest BCUT2D eigenvalue weighted by Gasteiger charge is 2.76. The minimum Gasteiger partial charge on any atom is -0.458 e. The zero-order chi connectivity index (χ0) is 24.6. The second-order valence-corrected chi connectivity index (χ2v) is 10.7. The van der Waals surface area contributed by atoms with Crippen LogP contribution in [0.4, 0.5) is 8.78 Å². The molecule has 0 aromatic rings. The minimum absolute atomic E-state index is 0.0280. The Balaban J connectivity index is 1.76. The Hall–Kier alpha value is -1.93. The molecule has 6 nitrogen and oxygen atoms in total. The highest BCUT2D eigenvalue weighted by Crippen LogP contribution is 2.70. The molecule has 4 aliphatic rings. The number of hydrogen-bond acceptors (Lipinski definition) is 6. The third kappa shape index (κ3) is 2.92. The predicted molar refractivity (Wildman–Crippen MR) is 114 cm³/mol. The summed E-state index contributed by atoms with van der Waals surface area (Å²) >= 11 is 0. The summed E-state index contributed by atoms with van der Waals surface area (Å²) in [4.78, 5) is 36.6. The zero-order valence-corrected chi connectivity index (χ0v) is 19.4. The van der Waals surface area contributed by atoms with Crippen LogP contribution in [-0.4, -0.2) is 57.9 Å². The first-order chi connectivity index (χ1) is 15.3. The van der Waals surface area contributed by atoms with E-state index in [-0.39, 0.29) is 31.3 Å². The number of carbonyl (C=O) groups is 3. The maximum absolute atomic E-state index is 17.1. The molecule has 9 atom stereocenters. The molecule has 0 spiro atoms. The Morgan fingerprint density at radius 3 is 2.55 bits per heavy atom. The number of carbonyl (C=O) groups excluding carboxylic acids is 3. The van der Waals surface area contributed by atoms with Gasteiger partial charge in [-0.2, -0.15) is 0 Å². The van der Waals surface area contributed by atoms with Gasteiger partial charge in [0.15, 0.2) is 18.1 Å². The van der Waals surface area contributed by atoms with Crippen molar-refractivity contribution in [3.63, 3.8) is 0 Å². The summed E-state index contributed by atoms with van der Waals surface area (Å²) in [5.41, 5.74) is -6.97. The van der Waals surface area contributed by atoms with Crippen LogP contribution in [0, 0.1) is 28.6 Å². The van der Waals surface area contributed by atoms with Gasteiger partial charge in [0.05, 0.1) is 6.10 Å². The maximum Gasteiger partial charge on any atom is 0.305 e. The SMILES string of the molecule is CCC(=O)OCC(=O)[C@@]1(O)[C@@H](C)C[C@H]2[C@@H]3C[C@H](F)C4=CC(=O)C=C[C@]4(C)[C@@]3(F)[C@@H](O)C[C@@]21C. The van der Waals surface area contributed by atoms with Gasteiger partial charge in [-0.3, -0.25) is 14.4 Å². The molecule has 0 aromatic heterocycles. The summed E-state index contributed by atoms with van der Waals surface area (Å²) in [6, 6.07) is 0. The van der Waals surface area contributed by atoms with Gasteiger partial charge < -0.3 is 14.9 Å². The van der Waals surface area contributed by atoms with Gasteiger partial charge in [-0.1, -0.05) is 26.8 Å². The van der Waals surface area contributed by atoms with Crippen LogP contribution < -0.4 is 0 Å². The molecule has 0 aliphatic heterocycles. The standard InChI is InChI=1S/C25H32F2O6/c1-5-21(31)33-12-20(30)25(32)13(2)8-15-16-10-18(26)17-9-14(28)6-7-22(17,3)24(16,27)19(29)11-23(15,25)4/h6-7,9,13,15-16,18-19,29,32H,5,8,10-12H2,1-4H3/t13-,15-,16-,18-,19-,22-,23-,24-,25-/m0/s1. The molecule has 0 heterocycles. The fourth-order valence-corrected chi connectivity index (χ4v) is 7.49. The molecular weight excluding hydrogens is 434 g/mol. The molecule has 0 bridgehead atoms. The summed E-state index contributed by atoms with van der Waals surface area (Å²) in [5.74, 6) is -3.88. The first-order valence-corrected chi connectivity index (χ1v) is 11.6. The van der Waals surface area contributed by atoms with Gasteiger partial charge in [-0.05, 0) is 55.7 Å². The van der Waals surface area contributed by atoms with Crippen molar-refractivity contribution in [1.82, 2.24) is 0 Å². The van der Waals surface area contributed by atoms with Crippen LogP contribution in [0.1, 0.15) is 53.4 Å². The van der Waals surface area contributed by atoms with E-state index in [0.717, 1.165) is 6.08 Å². The van der Waals surface area contributed by atoms with Crippen LogP contribution in [0.25, 0.3) is 0 Å². The molecule has 8 heteroatoms. The van der Waals surface area contributed by atoms with Crippen molar-refractivity contribution in [1.29, 1.82) is 0 Å². The van der Waals surface area contributed by atoms with E-state index < -0.39 is 76.3 Å². The fourth-order valence-electron chi connectivity index (χ4n) is 7.49. The van der Waals surface area contributed by atoms with E-state index in [1.165, 1.54) is 19.1 Å². The van der Waals surface area contributed by atoms with Crippen molar-refractivity contribution < 1.29 is 38.1 Å². The summed E-state index contributed by atoms with van der Waals surface area (Å²) in [7, 11) is 0. The highest BCUT2D eigenvalue weighted by atomic mass is 19.1. The molecule has 3 saturated carbocycles. The largest absolute Gasteiger partial charge is 0.458 e. The molecule has 0 unspecified atom stereocenters. The second-order valence-electron chi connectivity index (χ2n) is 10.7. The van der Waals surface area contributed by atoms with Crippen molar-refractivity contribution in [3.05, 3.63) is 23.8 Å². The lowest BCUT2D eigenvalue weighted by molar-refractivity contribution is -0.224. The number of Topliss-reactive ketones (excluding diaryl/α,β-unsaturated/α-hetero) is 1. The predicted octanol–water partition coefficient (Wildman–Crippen LogP) is 2.80.